The highest BCUT2D eigenvalue weighted by atomic mass is 32.2. The molecule has 0 unspecified atom stereocenters. The van der Waals surface area contributed by atoms with Crippen molar-refractivity contribution in [2.75, 3.05) is 13.1 Å². The maximum atomic E-state index is 13.4. The Balaban J connectivity index is 1.55. The summed E-state index contributed by atoms with van der Waals surface area (Å²) in [4.78, 5) is 24.2. The van der Waals surface area contributed by atoms with Gasteiger partial charge in [-0.05, 0) is 30.9 Å². The molecular formula is C21H27N5O3S. The average Bonchev–Trinajstić information content (AvgIpc) is 3.38. The first-order valence-corrected chi connectivity index (χ1v) is 11.8. The van der Waals surface area contributed by atoms with Crippen LogP contribution in [0.3, 0.4) is 0 Å². The second-order valence-electron chi connectivity index (χ2n) is 7.98. The summed E-state index contributed by atoms with van der Waals surface area (Å²) < 4.78 is 29.4. The van der Waals surface area contributed by atoms with Crippen LogP contribution in [0.25, 0.3) is 0 Å². The molecule has 1 fully saturated rings. The molecule has 0 spiro atoms. The van der Waals surface area contributed by atoms with Crippen molar-refractivity contribution in [3.8, 4) is 0 Å². The summed E-state index contributed by atoms with van der Waals surface area (Å²) in [6, 6.07) is 6.46. The van der Waals surface area contributed by atoms with Crippen LogP contribution in [0.2, 0.25) is 0 Å². The van der Waals surface area contributed by atoms with Gasteiger partial charge in [-0.3, -0.25) is 14.5 Å². The number of benzene rings is 1. The number of sulfonamides is 1. The van der Waals surface area contributed by atoms with Crippen molar-refractivity contribution < 1.29 is 13.2 Å². The zero-order valence-electron chi connectivity index (χ0n) is 17.2. The molecule has 160 valence electrons. The molecule has 0 saturated carbocycles. The minimum atomic E-state index is -3.63. The van der Waals surface area contributed by atoms with Gasteiger partial charge in [0.1, 0.15) is 11.9 Å². The Kier molecular flexibility index (Phi) is 5.64. The third-order valence-electron chi connectivity index (χ3n) is 6.09. The number of likely N-dealkylation sites (tertiary alicyclic amines) is 1. The van der Waals surface area contributed by atoms with E-state index in [-0.39, 0.29) is 22.6 Å². The van der Waals surface area contributed by atoms with Gasteiger partial charge in [0.25, 0.3) is 10.0 Å². The van der Waals surface area contributed by atoms with Gasteiger partial charge in [-0.25, -0.2) is 13.4 Å². The lowest BCUT2D eigenvalue weighted by Gasteiger charge is -2.35. The fourth-order valence-corrected chi connectivity index (χ4v) is 5.31. The van der Waals surface area contributed by atoms with E-state index < -0.39 is 16.1 Å². The van der Waals surface area contributed by atoms with E-state index in [4.69, 9.17) is 0 Å². The molecule has 9 heteroatoms. The summed E-state index contributed by atoms with van der Waals surface area (Å²) in [6.07, 6.45) is 8.04. The molecule has 1 saturated heterocycles. The van der Waals surface area contributed by atoms with Crippen LogP contribution in [-0.4, -0.2) is 53.7 Å². The first kappa shape index (κ1) is 20.6. The highest BCUT2D eigenvalue weighted by Gasteiger charge is 2.35. The minimum absolute atomic E-state index is 0.00589. The Bertz CT molecular complexity index is 1040. The summed E-state index contributed by atoms with van der Waals surface area (Å²) in [7, 11) is -3.63. The van der Waals surface area contributed by atoms with E-state index in [1.165, 1.54) is 0 Å². The second-order valence-corrected chi connectivity index (χ2v) is 9.63. The van der Waals surface area contributed by atoms with Crippen molar-refractivity contribution in [1.29, 1.82) is 0 Å². The number of carbonyl (C=O) groups is 1. The summed E-state index contributed by atoms with van der Waals surface area (Å²) in [5.41, 5.74) is 0.525. The van der Waals surface area contributed by atoms with E-state index in [2.05, 4.69) is 19.3 Å². The van der Waals surface area contributed by atoms with Gasteiger partial charge in [0.2, 0.25) is 5.91 Å². The minimum Gasteiger partial charge on any atom is -0.341 e. The zero-order chi connectivity index (χ0) is 21.3. The average molecular weight is 430 g/mol. The van der Waals surface area contributed by atoms with Gasteiger partial charge in [-0.2, -0.15) is 0 Å². The van der Waals surface area contributed by atoms with E-state index in [1.54, 1.807) is 30.5 Å². The van der Waals surface area contributed by atoms with Gasteiger partial charge < -0.3 is 9.47 Å². The topological polar surface area (TPSA) is 96.7 Å². The van der Waals surface area contributed by atoms with Gasteiger partial charge in [0.05, 0.1) is 11.2 Å². The highest BCUT2D eigenvalue weighted by molar-refractivity contribution is 7.90. The molecule has 2 aliphatic rings. The Morgan fingerprint density at radius 3 is 2.70 bits per heavy atom. The lowest BCUT2D eigenvalue weighted by atomic mass is 9.96. The van der Waals surface area contributed by atoms with Crippen LogP contribution in [-0.2, 0) is 14.8 Å². The van der Waals surface area contributed by atoms with E-state index in [0.717, 1.165) is 19.3 Å². The molecule has 30 heavy (non-hydrogen) atoms. The van der Waals surface area contributed by atoms with E-state index >= 15 is 0 Å². The molecule has 2 aromatic rings. The van der Waals surface area contributed by atoms with Crippen LogP contribution >= 0.6 is 0 Å². The number of hydrogen-bond acceptors (Lipinski definition) is 5. The van der Waals surface area contributed by atoms with E-state index in [0.29, 0.717) is 24.7 Å². The number of aromatic nitrogens is 2. The smallest absolute Gasteiger partial charge is 0.263 e. The number of hydrogen-bond donors (Lipinski definition) is 1. The zero-order valence-corrected chi connectivity index (χ0v) is 18.0. The molecule has 1 aromatic carbocycles. The van der Waals surface area contributed by atoms with Gasteiger partial charge >= 0.3 is 0 Å². The number of amides is 1. The molecule has 0 aliphatic carbocycles. The van der Waals surface area contributed by atoms with Gasteiger partial charge in [0.15, 0.2) is 0 Å². The van der Waals surface area contributed by atoms with Crippen molar-refractivity contribution in [1.82, 2.24) is 19.2 Å². The van der Waals surface area contributed by atoms with E-state index in [1.807, 2.05) is 31.3 Å². The third kappa shape index (κ3) is 3.86. The molecule has 2 atom stereocenters. The van der Waals surface area contributed by atoms with Crippen LogP contribution in [0.4, 0.5) is 0 Å². The lowest BCUT2D eigenvalue weighted by molar-refractivity contribution is -0.135. The first-order valence-electron chi connectivity index (χ1n) is 10.4. The number of aliphatic imine (C=N–C) groups is 1. The fraction of sp³-hybridized carbons (Fsp3) is 0.476. The predicted octanol–water partition coefficient (Wildman–Crippen LogP) is 2.20. The van der Waals surface area contributed by atoms with E-state index in [9.17, 15) is 13.2 Å². The monoisotopic (exact) mass is 429 g/mol. The molecule has 4 rings (SSSR count). The van der Waals surface area contributed by atoms with Gasteiger partial charge in [-0.15, -0.1) is 0 Å². The number of amidine groups is 1. The summed E-state index contributed by atoms with van der Waals surface area (Å²) in [5, 5.41) is 0. The Morgan fingerprint density at radius 2 is 2.03 bits per heavy atom. The number of carbonyl (C=O) groups excluding carboxylic acids is 1. The summed E-state index contributed by atoms with van der Waals surface area (Å²) >= 11 is 0. The van der Waals surface area contributed by atoms with Crippen LogP contribution < -0.4 is 4.72 Å². The SMILES string of the molecule is CC[C@H](C)[C@H](N=C1NS(=O)(=O)c2ccccc21)C(=O)N1CCC(n2ccnc2)CC1. The lowest BCUT2D eigenvalue weighted by Crippen LogP contribution is -2.46. The van der Waals surface area contributed by atoms with Crippen LogP contribution in [0.15, 0.2) is 52.9 Å². The number of imidazole rings is 1. The molecule has 1 N–H and O–H groups in total. The van der Waals surface area contributed by atoms with Crippen LogP contribution in [0.5, 0.6) is 0 Å². The molecule has 2 aliphatic heterocycles. The van der Waals surface area contributed by atoms with Crippen LogP contribution in [0, 0.1) is 5.92 Å². The molecule has 3 heterocycles. The van der Waals surface area contributed by atoms with Crippen molar-refractivity contribution in [2.45, 2.75) is 50.1 Å². The van der Waals surface area contributed by atoms with Crippen LogP contribution in [0.1, 0.15) is 44.7 Å². The largest absolute Gasteiger partial charge is 0.341 e. The third-order valence-corrected chi connectivity index (χ3v) is 7.49. The Labute approximate surface area is 177 Å². The van der Waals surface area contributed by atoms with Gasteiger partial charge in [0, 0.05) is 37.1 Å². The van der Waals surface area contributed by atoms with Gasteiger partial charge in [-0.1, -0.05) is 32.4 Å². The molecular weight excluding hydrogens is 402 g/mol. The Hall–Kier alpha value is -2.68. The quantitative estimate of drug-likeness (QED) is 0.788. The number of fused-ring (bicyclic) bond motifs is 1. The normalized spacial score (nSPS) is 21.8. The summed E-state index contributed by atoms with van der Waals surface area (Å²) in [6.45, 7) is 5.31. The van der Waals surface area contributed by atoms with Crippen molar-refractivity contribution >= 4 is 21.8 Å². The number of nitrogens with one attached hydrogen (secondary N) is 1. The Morgan fingerprint density at radius 1 is 1.30 bits per heavy atom. The molecule has 8 nitrogen and oxygen atoms in total. The first-order chi connectivity index (χ1) is 14.4. The van der Waals surface area contributed by atoms with Crippen molar-refractivity contribution in [3.05, 3.63) is 48.5 Å². The summed E-state index contributed by atoms with van der Waals surface area (Å²) in [5.74, 6) is 0.218. The molecule has 0 radical (unpaired) electrons. The van der Waals surface area contributed by atoms with Crippen molar-refractivity contribution in [3.63, 3.8) is 0 Å². The van der Waals surface area contributed by atoms with Crippen molar-refractivity contribution in [2.24, 2.45) is 10.9 Å². The highest BCUT2D eigenvalue weighted by Crippen LogP contribution is 2.27. The number of nitrogens with zero attached hydrogens (tertiary/aromatic N) is 4. The maximum Gasteiger partial charge on any atom is 0.263 e. The second kappa shape index (κ2) is 8.22. The predicted molar refractivity (Wildman–Crippen MR) is 114 cm³/mol. The number of rotatable bonds is 5. The molecule has 0 bridgehead atoms. The number of piperidine rings is 1. The fourth-order valence-electron chi connectivity index (χ4n) is 4.07. The standard InChI is InChI=1S/C21H27N5O3S/c1-3-15(2)19(23-20-17-6-4-5-7-18(17)30(28,29)24-20)21(27)25-11-8-16(9-12-25)26-13-10-22-14-26/h4-7,10,13-16,19H,3,8-9,11-12H2,1-2H3,(H,23,24)/t15-,19-/m0/s1. The maximum absolute atomic E-state index is 13.4. The molecule has 1 amide bonds. The molecule has 1 aromatic heterocycles.